The number of anilines is 2. The maximum Gasteiger partial charge on any atom is 0.237 e. The molecule has 0 unspecified atom stereocenters. The van der Waals surface area contributed by atoms with E-state index in [0.29, 0.717) is 18.2 Å². The summed E-state index contributed by atoms with van der Waals surface area (Å²) in [6, 6.07) is 7.10. The summed E-state index contributed by atoms with van der Waals surface area (Å²) >= 11 is 1.37. The summed E-state index contributed by atoms with van der Waals surface area (Å²) in [5, 5.41) is 4.71. The average Bonchev–Trinajstić information content (AvgIpc) is 2.67. The molecule has 0 spiro atoms. The van der Waals surface area contributed by atoms with Gasteiger partial charge in [0.1, 0.15) is 11.6 Å². The summed E-state index contributed by atoms with van der Waals surface area (Å²) in [4.78, 5) is 24.7. The van der Waals surface area contributed by atoms with E-state index < -0.39 is 39.6 Å². The fourth-order valence-corrected chi connectivity index (χ4v) is 5.03. The number of thioether (sulfide) groups is 1. The summed E-state index contributed by atoms with van der Waals surface area (Å²) in [5.74, 6) is -3.13. The van der Waals surface area contributed by atoms with Gasteiger partial charge in [-0.05, 0) is 36.8 Å². The van der Waals surface area contributed by atoms with Crippen molar-refractivity contribution in [3.05, 3.63) is 48.0 Å². The minimum absolute atomic E-state index is 0.0205. The van der Waals surface area contributed by atoms with Gasteiger partial charge in [0, 0.05) is 17.4 Å². The lowest BCUT2D eigenvalue weighted by Gasteiger charge is -2.23. The third kappa shape index (κ3) is 4.94. The van der Waals surface area contributed by atoms with Crippen LogP contribution in [0.4, 0.5) is 20.2 Å². The van der Waals surface area contributed by atoms with E-state index in [1.54, 1.807) is 6.07 Å². The number of hydrogen-bond donors (Lipinski definition) is 2. The summed E-state index contributed by atoms with van der Waals surface area (Å²) < 4.78 is 51.6. The standard InChI is InChI=1S/C19H18F2N2O4S2/c1-2-16-19(25)23-15-10-12(4-6-17(15)28-16)29(26,27)8-7-18(24)22-14-5-3-11(20)9-13(14)21/h3-6,9-10,16H,2,7-8H2,1H3,(H,22,24)(H,23,25)/t16-/m0/s1. The van der Waals surface area contributed by atoms with E-state index in [-0.39, 0.29) is 21.7 Å². The molecular weight excluding hydrogens is 422 g/mol. The predicted octanol–water partition coefficient (Wildman–Crippen LogP) is 3.59. The van der Waals surface area contributed by atoms with Crippen molar-refractivity contribution in [2.75, 3.05) is 16.4 Å². The van der Waals surface area contributed by atoms with Crippen molar-refractivity contribution >= 4 is 44.8 Å². The second-order valence-corrected chi connectivity index (χ2v) is 9.76. The molecule has 2 aromatic carbocycles. The van der Waals surface area contributed by atoms with E-state index >= 15 is 0 Å². The van der Waals surface area contributed by atoms with E-state index in [1.165, 1.54) is 23.9 Å². The molecule has 6 nitrogen and oxygen atoms in total. The van der Waals surface area contributed by atoms with Gasteiger partial charge in [-0.15, -0.1) is 11.8 Å². The molecular formula is C19H18F2N2O4S2. The maximum absolute atomic E-state index is 13.6. The highest BCUT2D eigenvalue weighted by molar-refractivity contribution is 8.01. The maximum atomic E-state index is 13.6. The molecule has 2 aromatic rings. The third-order valence-corrected chi connectivity index (χ3v) is 7.46. The van der Waals surface area contributed by atoms with Gasteiger partial charge in [0.2, 0.25) is 11.8 Å². The lowest BCUT2D eigenvalue weighted by molar-refractivity contribution is -0.116. The highest BCUT2D eigenvalue weighted by atomic mass is 32.2. The summed E-state index contributed by atoms with van der Waals surface area (Å²) in [6.45, 7) is 1.89. The zero-order valence-electron chi connectivity index (χ0n) is 15.4. The Hall–Kier alpha value is -2.46. The number of fused-ring (bicyclic) bond motifs is 1. The van der Waals surface area contributed by atoms with Crippen molar-refractivity contribution in [3.8, 4) is 0 Å². The summed E-state index contributed by atoms with van der Waals surface area (Å²) in [7, 11) is -3.81. The van der Waals surface area contributed by atoms with E-state index in [4.69, 9.17) is 0 Å². The zero-order valence-corrected chi connectivity index (χ0v) is 17.0. The van der Waals surface area contributed by atoms with Crippen molar-refractivity contribution in [2.45, 2.75) is 34.8 Å². The largest absolute Gasteiger partial charge is 0.324 e. The van der Waals surface area contributed by atoms with Crippen LogP contribution in [0.1, 0.15) is 19.8 Å². The van der Waals surface area contributed by atoms with Crippen molar-refractivity contribution in [2.24, 2.45) is 0 Å². The van der Waals surface area contributed by atoms with Gasteiger partial charge in [0.05, 0.1) is 27.3 Å². The minimum Gasteiger partial charge on any atom is -0.324 e. The zero-order chi connectivity index (χ0) is 21.2. The molecule has 1 aliphatic heterocycles. The molecule has 2 N–H and O–H groups in total. The second kappa shape index (κ2) is 8.50. The van der Waals surface area contributed by atoms with Gasteiger partial charge in [0.15, 0.2) is 9.84 Å². The van der Waals surface area contributed by atoms with Crippen molar-refractivity contribution in [3.63, 3.8) is 0 Å². The summed E-state index contributed by atoms with van der Waals surface area (Å²) in [5.41, 5.74) is 0.191. The quantitative estimate of drug-likeness (QED) is 0.716. The highest BCUT2D eigenvalue weighted by Gasteiger charge is 2.27. The Labute approximate surface area is 171 Å². The van der Waals surface area contributed by atoms with Crippen LogP contribution in [0.5, 0.6) is 0 Å². The Morgan fingerprint density at radius 2 is 1.97 bits per heavy atom. The van der Waals surface area contributed by atoms with Crippen LogP contribution in [-0.2, 0) is 19.4 Å². The molecule has 2 amide bonds. The smallest absolute Gasteiger partial charge is 0.237 e. The van der Waals surface area contributed by atoms with E-state index in [1.807, 2.05) is 6.92 Å². The highest BCUT2D eigenvalue weighted by Crippen LogP contribution is 2.38. The van der Waals surface area contributed by atoms with E-state index in [9.17, 15) is 26.8 Å². The first-order valence-corrected chi connectivity index (χ1v) is 11.3. The first kappa shape index (κ1) is 21.3. The number of sulfone groups is 1. The molecule has 0 radical (unpaired) electrons. The second-order valence-electron chi connectivity index (χ2n) is 6.40. The molecule has 1 aliphatic rings. The molecule has 0 aromatic heterocycles. The molecule has 0 fully saturated rings. The van der Waals surface area contributed by atoms with Gasteiger partial charge in [-0.1, -0.05) is 6.92 Å². The number of benzene rings is 2. The number of nitrogens with one attached hydrogen (secondary N) is 2. The monoisotopic (exact) mass is 440 g/mol. The lowest BCUT2D eigenvalue weighted by atomic mass is 10.2. The third-order valence-electron chi connectivity index (χ3n) is 4.30. The van der Waals surface area contributed by atoms with Crippen molar-refractivity contribution < 1.29 is 26.8 Å². The minimum atomic E-state index is -3.81. The molecule has 1 heterocycles. The molecule has 0 aliphatic carbocycles. The Kier molecular flexibility index (Phi) is 6.23. The number of amides is 2. The van der Waals surface area contributed by atoms with Gasteiger partial charge >= 0.3 is 0 Å². The Morgan fingerprint density at radius 3 is 2.66 bits per heavy atom. The van der Waals surface area contributed by atoms with Gasteiger partial charge in [-0.2, -0.15) is 0 Å². The van der Waals surface area contributed by atoms with E-state index in [0.717, 1.165) is 17.0 Å². The van der Waals surface area contributed by atoms with Crippen LogP contribution in [0.2, 0.25) is 0 Å². The van der Waals surface area contributed by atoms with Gasteiger partial charge in [-0.25, -0.2) is 17.2 Å². The Morgan fingerprint density at radius 1 is 1.21 bits per heavy atom. The van der Waals surface area contributed by atoms with Gasteiger partial charge < -0.3 is 10.6 Å². The predicted molar refractivity (Wildman–Crippen MR) is 107 cm³/mol. The van der Waals surface area contributed by atoms with Gasteiger partial charge in [-0.3, -0.25) is 9.59 Å². The molecule has 1 atom stereocenters. The molecule has 29 heavy (non-hydrogen) atoms. The van der Waals surface area contributed by atoms with E-state index in [2.05, 4.69) is 10.6 Å². The first-order valence-electron chi connectivity index (χ1n) is 8.79. The van der Waals surface area contributed by atoms with Crippen LogP contribution in [0.25, 0.3) is 0 Å². The number of carbonyl (C=O) groups excluding carboxylic acids is 2. The van der Waals surface area contributed by atoms with Crippen LogP contribution in [0.3, 0.4) is 0 Å². The number of halogens is 2. The summed E-state index contributed by atoms with van der Waals surface area (Å²) in [6.07, 6.45) is 0.245. The molecule has 3 rings (SSSR count). The normalized spacial score (nSPS) is 16.1. The lowest BCUT2D eigenvalue weighted by Crippen LogP contribution is -2.28. The van der Waals surface area contributed by atoms with Crippen LogP contribution in [0, 0.1) is 11.6 Å². The number of carbonyl (C=O) groups is 2. The molecule has 154 valence electrons. The SMILES string of the molecule is CC[C@@H]1Sc2ccc(S(=O)(=O)CCC(=O)Nc3ccc(F)cc3F)cc2NC1=O. The fraction of sp³-hybridized carbons (Fsp3) is 0.263. The average molecular weight is 440 g/mol. The van der Waals surface area contributed by atoms with Crippen LogP contribution < -0.4 is 10.6 Å². The molecule has 10 heteroatoms. The Balaban J connectivity index is 1.67. The molecule has 0 bridgehead atoms. The first-order chi connectivity index (χ1) is 13.7. The Bertz CT molecular complexity index is 1070. The number of rotatable bonds is 6. The topological polar surface area (TPSA) is 92.3 Å². The molecule has 0 saturated carbocycles. The van der Waals surface area contributed by atoms with Crippen molar-refractivity contribution in [1.29, 1.82) is 0 Å². The van der Waals surface area contributed by atoms with Crippen molar-refractivity contribution in [1.82, 2.24) is 0 Å². The van der Waals surface area contributed by atoms with Crippen LogP contribution in [-0.4, -0.2) is 31.2 Å². The molecule has 0 saturated heterocycles. The number of hydrogen-bond acceptors (Lipinski definition) is 5. The van der Waals surface area contributed by atoms with Gasteiger partial charge in [0.25, 0.3) is 0 Å². The van der Waals surface area contributed by atoms with Crippen LogP contribution >= 0.6 is 11.8 Å². The van der Waals surface area contributed by atoms with Crippen LogP contribution in [0.15, 0.2) is 46.2 Å². The fourth-order valence-electron chi connectivity index (χ4n) is 2.74.